The van der Waals surface area contributed by atoms with E-state index in [-0.39, 0.29) is 17.4 Å². The number of carbonyl (C=O) groups excluding carboxylic acids is 1. The maximum Gasteiger partial charge on any atom is 0.229 e. The Balaban J connectivity index is 1.61. The van der Waals surface area contributed by atoms with Gasteiger partial charge in [-0.3, -0.25) is 9.79 Å². The lowest BCUT2D eigenvalue weighted by Crippen LogP contribution is -2.23. The summed E-state index contributed by atoms with van der Waals surface area (Å²) in [5.41, 5.74) is 3.38. The van der Waals surface area contributed by atoms with Gasteiger partial charge in [0, 0.05) is 31.6 Å². The highest BCUT2D eigenvalue weighted by Gasteiger charge is 2.27. The van der Waals surface area contributed by atoms with Crippen LogP contribution in [0.4, 0.5) is 11.6 Å². The summed E-state index contributed by atoms with van der Waals surface area (Å²) in [7, 11) is 1.88. The van der Waals surface area contributed by atoms with Crippen molar-refractivity contribution >= 4 is 46.8 Å². The molecule has 0 spiro atoms. The average Bonchev–Trinajstić information content (AvgIpc) is 3.06. The summed E-state index contributed by atoms with van der Waals surface area (Å²) in [6, 6.07) is 7.54. The highest BCUT2D eigenvalue weighted by atomic mass is 35.5. The molecule has 3 heterocycles. The van der Waals surface area contributed by atoms with Gasteiger partial charge in [-0.15, -0.1) is 0 Å². The number of halogens is 2. The number of anilines is 2. The number of hydrogen-bond donors (Lipinski definition) is 0. The van der Waals surface area contributed by atoms with Crippen molar-refractivity contribution < 1.29 is 4.79 Å². The van der Waals surface area contributed by atoms with E-state index in [4.69, 9.17) is 23.2 Å². The van der Waals surface area contributed by atoms with Crippen LogP contribution in [-0.4, -0.2) is 40.5 Å². The molecule has 0 saturated heterocycles. The molecule has 0 radical (unpaired) electrons. The van der Waals surface area contributed by atoms with E-state index in [0.717, 1.165) is 16.9 Å². The molecular formula is C18H15Cl2N5O. The van der Waals surface area contributed by atoms with Crippen molar-refractivity contribution in [2.45, 2.75) is 13.1 Å². The Hall–Kier alpha value is -2.44. The van der Waals surface area contributed by atoms with Gasteiger partial charge in [0.15, 0.2) is 5.78 Å². The highest BCUT2D eigenvalue weighted by Crippen LogP contribution is 2.31. The average molecular weight is 388 g/mol. The van der Waals surface area contributed by atoms with Gasteiger partial charge in [-0.05, 0) is 12.1 Å². The fourth-order valence-electron chi connectivity index (χ4n) is 3.01. The SMILES string of the molecule is CN(c1ncc2c(n1)CN(C1=C(Cl)C(=O)CN=C1)C2)c1ccccc1Cl. The third kappa shape index (κ3) is 2.95. The van der Waals surface area contributed by atoms with E-state index in [2.05, 4.69) is 15.0 Å². The van der Waals surface area contributed by atoms with Crippen LogP contribution in [0.1, 0.15) is 11.3 Å². The molecule has 0 atom stereocenters. The second kappa shape index (κ2) is 6.70. The van der Waals surface area contributed by atoms with Crippen LogP contribution in [-0.2, 0) is 17.9 Å². The number of para-hydroxylation sites is 1. The largest absolute Gasteiger partial charge is 0.359 e. The maximum atomic E-state index is 11.8. The first-order valence-electron chi connectivity index (χ1n) is 8.05. The molecule has 0 N–H and O–H groups in total. The maximum absolute atomic E-state index is 11.8. The molecular weight excluding hydrogens is 373 g/mol. The first-order valence-corrected chi connectivity index (χ1v) is 8.81. The minimum Gasteiger partial charge on any atom is -0.359 e. The Kier molecular flexibility index (Phi) is 4.38. The quantitative estimate of drug-likeness (QED) is 0.808. The van der Waals surface area contributed by atoms with E-state index in [1.807, 2.05) is 41.1 Å². The van der Waals surface area contributed by atoms with Crippen molar-refractivity contribution in [1.82, 2.24) is 14.9 Å². The summed E-state index contributed by atoms with van der Waals surface area (Å²) in [4.78, 5) is 28.8. The molecule has 132 valence electrons. The number of nitrogens with zero attached hydrogens (tertiary/aromatic N) is 5. The van der Waals surface area contributed by atoms with Crippen molar-refractivity contribution in [2.24, 2.45) is 4.99 Å². The second-order valence-corrected chi connectivity index (χ2v) is 6.89. The highest BCUT2D eigenvalue weighted by molar-refractivity contribution is 6.44. The van der Waals surface area contributed by atoms with Gasteiger partial charge >= 0.3 is 0 Å². The predicted octanol–water partition coefficient (Wildman–Crippen LogP) is 3.32. The molecule has 26 heavy (non-hydrogen) atoms. The number of aromatic nitrogens is 2. The summed E-state index contributed by atoms with van der Waals surface area (Å²) in [5.74, 6) is 0.400. The fraction of sp³-hybridized carbons (Fsp3) is 0.222. The molecule has 2 aliphatic heterocycles. The Morgan fingerprint density at radius 1 is 1.19 bits per heavy atom. The van der Waals surface area contributed by atoms with Crippen molar-refractivity contribution in [2.75, 3.05) is 18.5 Å². The van der Waals surface area contributed by atoms with E-state index in [1.165, 1.54) is 0 Å². The Morgan fingerprint density at radius 3 is 2.81 bits per heavy atom. The smallest absolute Gasteiger partial charge is 0.229 e. The molecule has 0 fully saturated rings. The molecule has 0 amide bonds. The standard InChI is InChI=1S/C18H15Cl2N5O/c1-24(14-5-3-2-4-12(14)19)18-22-6-11-9-25(10-13(11)23-18)15-7-21-8-16(26)17(15)20/h2-7H,8-10H2,1H3. The number of benzene rings is 1. The first kappa shape index (κ1) is 17.0. The lowest BCUT2D eigenvalue weighted by atomic mass is 10.2. The number of dihydropyridines is 1. The Labute approximate surface area is 160 Å². The van der Waals surface area contributed by atoms with Crippen molar-refractivity contribution in [3.63, 3.8) is 0 Å². The molecule has 0 aliphatic carbocycles. The lowest BCUT2D eigenvalue weighted by molar-refractivity contribution is -0.113. The van der Waals surface area contributed by atoms with E-state index >= 15 is 0 Å². The molecule has 8 heteroatoms. The van der Waals surface area contributed by atoms with E-state index in [9.17, 15) is 4.79 Å². The van der Waals surface area contributed by atoms with E-state index in [0.29, 0.717) is 29.8 Å². The van der Waals surface area contributed by atoms with E-state index < -0.39 is 0 Å². The number of hydrogen-bond acceptors (Lipinski definition) is 6. The third-order valence-electron chi connectivity index (χ3n) is 4.42. The van der Waals surface area contributed by atoms with Crippen LogP contribution in [0.3, 0.4) is 0 Å². The van der Waals surface area contributed by atoms with Gasteiger partial charge in [0.2, 0.25) is 5.95 Å². The van der Waals surface area contributed by atoms with Gasteiger partial charge in [-0.1, -0.05) is 35.3 Å². The van der Waals surface area contributed by atoms with Gasteiger partial charge in [0.25, 0.3) is 0 Å². The van der Waals surface area contributed by atoms with Gasteiger partial charge < -0.3 is 9.80 Å². The zero-order valence-electron chi connectivity index (χ0n) is 14.0. The third-order valence-corrected chi connectivity index (χ3v) is 5.14. The molecule has 0 unspecified atom stereocenters. The molecule has 0 bridgehead atoms. The Morgan fingerprint density at radius 2 is 2.00 bits per heavy atom. The van der Waals surface area contributed by atoms with Crippen molar-refractivity contribution in [3.8, 4) is 0 Å². The number of ketones is 1. The summed E-state index contributed by atoms with van der Waals surface area (Å²) < 4.78 is 0. The molecule has 1 aromatic heterocycles. The number of allylic oxidation sites excluding steroid dienone is 1. The first-order chi connectivity index (χ1) is 12.5. The number of rotatable bonds is 3. The Bertz CT molecular complexity index is 956. The summed E-state index contributed by atoms with van der Waals surface area (Å²) >= 11 is 12.4. The number of aliphatic imine (C=N–C) groups is 1. The summed E-state index contributed by atoms with van der Waals surface area (Å²) in [6.45, 7) is 1.25. The van der Waals surface area contributed by atoms with Gasteiger partial charge in [0.05, 0.1) is 28.6 Å². The van der Waals surface area contributed by atoms with Crippen molar-refractivity contribution in [1.29, 1.82) is 0 Å². The minimum absolute atomic E-state index is 0.107. The van der Waals surface area contributed by atoms with Gasteiger partial charge in [-0.25, -0.2) is 9.97 Å². The molecule has 4 rings (SSSR count). The normalized spacial score (nSPS) is 16.3. The van der Waals surface area contributed by atoms with Crippen LogP contribution < -0.4 is 4.90 Å². The zero-order chi connectivity index (χ0) is 18.3. The summed E-state index contributed by atoms with van der Waals surface area (Å²) in [6.07, 6.45) is 3.46. The van der Waals surface area contributed by atoms with Crippen LogP contribution in [0.15, 0.2) is 46.2 Å². The van der Waals surface area contributed by atoms with Crippen LogP contribution >= 0.6 is 23.2 Å². The van der Waals surface area contributed by atoms with Crippen LogP contribution in [0.5, 0.6) is 0 Å². The van der Waals surface area contributed by atoms with Crippen LogP contribution in [0, 0.1) is 0 Å². The fourth-order valence-corrected chi connectivity index (χ4v) is 3.50. The number of Topliss-reactive ketones (excluding diaryl/α,β-unsaturated/α-hetero) is 1. The number of fused-ring (bicyclic) bond motifs is 1. The van der Waals surface area contributed by atoms with Gasteiger partial charge in [-0.2, -0.15) is 0 Å². The molecule has 0 saturated carbocycles. The molecule has 1 aromatic carbocycles. The van der Waals surface area contributed by atoms with Crippen molar-refractivity contribution in [3.05, 3.63) is 57.5 Å². The topological polar surface area (TPSA) is 61.7 Å². The molecule has 2 aromatic rings. The molecule has 6 nitrogen and oxygen atoms in total. The monoisotopic (exact) mass is 387 g/mol. The summed E-state index contributed by atoms with van der Waals surface area (Å²) in [5, 5.41) is 0.865. The zero-order valence-corrected chi connectivity index (χ0v) is 15.5. The lowest BCUT2D eigenvalue weighted by Gasteiger charge is -2.21. The van der Waals surface area contributed by atoms with Gasteiger partial charge in [0.1, 0.15) is 11.6 Å². The minimum atomic E-state index is -0.162. The number of carbonyl (C=O) groups is 1. The van der Waals surface area contributed by atoms with Crippen LogP contribution in [0.25, 0.3) is 0 Å². The second-order valence-electron chi connectivity index (χ2n) is 6.10. The molecule has 2 aliphatic rings. The predicted molar refractivity (Wildman–Crippen MR) is 102 cm³/mol. The van der Waals surface area contributed by atoms with Crippen LogP contribution in [0.2, 0.25) is 5.02 Å². The van der Waals surface area contributed by atoms with E-state index in [1.54, 1.807) is 12.4 Å².